The van der Waals surface area contributed by atoms with Gasteiger partial charge in [-0.05, 0) is 19.0 Å². The van der Waals surface area contributed by atoms with Gasteiger partial charge in [-0.2, -0.15) is 0 Å². The average molecular weight is 231 g/mol. The molecule has 0 saturated heterocycles. The third-order valence-corrected chi connectivity index (χ3v) is 3.17. The van der Waals surface area contributed by atoms with Gasteiger partial charge in [0.2, 0.25) is 0 Å². The second-order valence-corrected chi connectivity index (χ2v) is 4.30. The van der Waals surface area contributed by atoms with Gasteiger partial charge in [0.1, 0.15) is 0 Å². The Kier molecular flexibility index (Phi) is 3.59. The molecule has 0 aliphatic carbocycles. The van der Waals surface area contributed by atoms with Crippen LogP contribution in [0.1, 0.15) is 18.0 Å². The van der Waals surface area contributed by atoms with Gasteiger partial charge in [0.25, 0.3) is 0 Å². The van der Waals surface area contributed by atoms with Crippen LogP contribution in [0, 0.1) is 0 Å². The van der Waals surface area contributed by atoms with Crippen molar-refractivity contribution in [3.05, 3.63) is 47.5 Å². The van der Waals surface area contributed by atoms with Gasteiger partial charge in [-0.3, -0.25) is 4.90 Å². The summed E-state index contributed by atoms with van der Waals surface area (Å²) in [4.78, 5) is 13.6. The first-order valence-corrected chi connectivity index (χ1v) is 5.75. The molecule has 1 heterocycles. The average Bonchev–Trinajstić information content (AvgIpc) is 2.38. The van der Waals surface area contributed by atoms with Gasteiger partial charge in [-0.1, -0.05) is 36.4 Å². The lowest BCUT2D eigenvalue weighted by molar-refractivity contribution is -0.136. The number of methoxy groups -OCH3 is 1. The van der Waals surface area contributed by atoms with E-state index in [1.54, 1.807) is 0 Å². The van der Waals surface area contributed by atoms with Crippen molar-refractivity contribution in [1.29, 1.82) is 0 Å². The highest BCUT2D eigenvalue weighted by Crippen LogP contribution is 2.28. The number of esters is 1. The van der Waals surface area contributed by atoms with Crippen molar-refractivity contribution in [1.82, 2.24) is 4.90 Å². The summed E-state index contributed by atoms with van der Waals surface area (Å²) in [5, 5.41) is 0. The summed E-state index contributed by atoms with van der Waals surface area (Å²) in [6, 6.07) is 10.7. The van der Waals surface area contributed by atoms with Crippen molar-refractivity contribution in [2.45, 2.75) is 12.5 Å². The van der Waals surface area contributed by atoms with E-state index in [0.717, 1.165) is 12.0 Å². The van der Waals surface area contributed by atoms with Gasteiger partial charge in [0.05, 0.1) is 7.11 Å². The van der Waals surface area contributed by atoms with Crippen LogP contribution in [0.3, 0.4) is 0 Å². The number of carbonyl (C=O) groups excluding carboxylic acids is 1. The molecule has 1 aliphatic heterocycles. The van der Waals surface area contributed by atoms with E-state index >= 15 is 0 Å². The largest absolute Gasteiger partial charge is 0.466 e. The second kappa shape index (κ2) is 5.15. The van der Waals surface area contributed by atoms with E-state index in [4.69, 9.17) is 4.74 Å². The first-order chi connectivity index (χ1) is 8.22. The topological polar surface area (TPSA) is 29.5 Å². The van der Waals surface area contributed by atoms with Gasteiger partial charge in [-0.15, -0.1) is 0 Å². The van der Waals surface area contributed by atoms with E-state index in [0.29, 0.717) is 12.6 Å². The standard InChI is InChI=1S/C14H17NO2/c1-15-10-12(14(16)17-2)8-9-13(15)11-6-4-3-5-7-11/h3-8,13H,9-10H2,1-2H3/t13-/m1/s1. The molecule has 0 fully saturated rings. The zero-order valence-corrected chi connectivity index (χ0v) is 10.2. The molecule has 3 nitrogen and oxygen atoms in total. The minimum absolute atomic E-state index is 0.219. The molecule has 17 heavy (non-hydrogen) atoms. The molecular formula is C14H17NO2. The smallest absolute Gasteiger partial charge is 0.334 e. The Bertz CT molecular complexity index is 425. The van der Waals surface area contributed by atoms with Crippen LogP contribution in [-0.4, -0.2) is 31.6 Å². The monoisotopic (exact) mass is 231 g/mol. The molecule has 0 aromatic heterocycles. The maximum Gasteiger partial charge on any atom is 0.334 e. The van der Waals surface area contributed by atoms with Crippen LogP contribution in [0.15, 0.2) is 42.0 Å². The van der Waals surface area contributed by atoms with Gasteiger partial charge in [-0.25, -0.2) is 4.79 Å². The molecule has 1 aromatic carbocycles. The zero-order valence-electron chi connectivity index (χ0n) is 10.2. The molecule has 90 valence electrons. The number of benzene rings is 1. The fourth-order valence-corrected chi connectivity index (χ4v) is 2.22. The highest BCUT2D eigenvalue weighted by molar-refractivity contribution is 5.89. The van der Waals surface area contributed by atoms with E-state index in [2.05, 4.69) is 17.0 Å². The van der Waals surface area contributed by atoms with Gasteiger partial charge in [0.15, 0.2) is 0 Å². The highest BCUT2D eigenvalue weighted by Gasteiger charge is 2.24. The third-order valence-electron chi connectivity index (χ3n) is 3.17. The number of nitrogens with zero attached hydrogens (tertiary/aromatic N) is 1. The molecular weight excluding hydrogens is 214 g/mol. The minimum atomic E-state index is -0.219. The van der Waals surface area contributed by atoms with Crippen LogP contribution in [0.2, 0.25) is 0 Å². The Morgan fingerprint density at radius 1 is 1.35 bits per heavy atom. The number of hydrogen-bond donors (Lipinski definition) is 0. The fourth-order valence-electron chi connectivity index (χ4n) is 2.22. The summed E-state index contributed by atoms with van der Waals surface area (Å²) in [5.74, 6) is -0.219. The Morgan fingerprint density at radius 3 is 2.65 bits per heavy atom. The van der Waals surface area contributed by atoms with Gasteiger partial charge < -0.3 is 4.74 Å². The van der Waals surface area contributed by atoms with E-state index in [1.807, 2.05) is 31.3 Å². The summed E-state index contributed by atoms with van der Waals surface area (Å²) in [7, 11) is 3.46. The molecule has 1 aromatic rings. The lowest BCUT2D eigenvalue weighted by Crippen LogP contribution is -2.32. The molecule has 1 atom stereocenters. The number of hydrogen-bond acceptors (Lipinski definition) is 3. The normalized spacial score (nSPS) is 20.8. The predicted molar refractivity (Wildman–Crippen MR) is 66.5 cm³/mol. The van der Waals surface area contributed by atoms with Gasteiger partial charge in [0, 0.05) is 18.2 Å². The molecule has 0 bridgehead atoms. The molecule has 0 spiro atoms. The molecule has 2 rings (SSSR count). The Morgan fingerprint density at radius 2 is 2.06 bits per heavy atom. The van der Waals surface area contributed by atoms with Crippen molar-refractivity contribution in [3.8, 4) is 0 Å². The fraction of sp³-hybridized carbons (Fsp3) is 0.357. The lowest BCUT2D eigenvalue weighted by atomic mass is 9.97. The van der Waals surface area contributed by atoms with Crippen molar-refractivity contribution in [3.63, 3.8) is 0 Å². The van der Waals surface area contributed by atoms with Crippen LogP contribution in [0.5, 0.6) is 0 Å². The summed E-state index contributed by atoms with van der Waals surface area (Å²) < 4.78 is 4.75. The van der Waals surface area contributed by atoms with E-state index in [-0.39, 0.29) is 5.97 Å². The second-order valence-electron chi connectivity index (χ2n) is 4.30. The molecule has 0 radical (unpaired) electrons. The first-order valence-electron chi connectivity index (χ1n) is 5.75. The molecule has 0 saturated carbocycles. The SMILES string of the molecule is COC(=O)C1=CC[C@H](c2ccccc2)N(C)C1. The van der Waals surface area contributed by atoms with Crippen LogP contribution in [0.4, 0.5) is 0 Å². The minimum Gasteiger partial charge on any atom is -0.466 e. The summed E-state index contributed by atoms with van der Waals surface area (Å²) in [6.45, 7) is 0.645. The molecule has 0 N–H and O–H groups in total. The first kappa shape index (κ1) is 11.9. The molecule has 3 heteroatoms. The van der Waals surface area contributed by atoms with Crippen molar-refractivity contribution in [2.75, 3.05) is 20.7 Å². The molecule has 0 amide bonds. The van der Waals surface area contributed by atoms with E-state index < -0.39 is 0 Å². The van der Waals surface area contributed by atoms with Crippen molar-refractivity contribution in [2.24, 2.45) is 0 Å². The zero-order chi connectivity index (χ0) is 12.3. The molecule has 0 unspecified atom stereocenters. The summed E-state index contributed by atoms with van der Waals surface area (Å²) in [5.41, 5.74) is 2.04. The Labute approximate surface area is 102 Å². The van der Waals surface area contributed by atoms with E-state index in [1.165, 1.54) is 12.7 Å². The lowest BCUT2D eigenvalue weighted by Gasteiger charge is -2.31. The van der Waals surface area contributed by atoms with Crippen LogP contribution in [-0.2, 0) is 9.53 Å². The Balaban J connectivity index is 2.15. The number of carbonyl (C=O) groups is 1. The van der Waals surface area contributed by atoms with Crippen LogP contribution < -0.4 is 0 Å². The maximum atomic E-state index is 11.4. The van der Waals surface area contributed by atoms with Crippen LogP contribution in [0.25, 0.3) is 0 Å². The van der Waals surface area contributed by atoms with Crippen LogP contribution >= 0.6 is 0 Å². The maximum absolute atomic E-state index is 11.4. The summed E-state index contributed by atoms with van der Waals surface area (Å²) >= 11 is 0. The molecule has 1 aliphatic rings. The quantitative estimate of drug-likeness (QED) is 0.730. The highest BCUT2D eigenvalue weighted by atomic mass is 16.5. The number of likely N-dealkylation sites (N-methyl/N-ethyl adjacent to an activating group) is 1. The third kappa shape index (κ3) is 2.56. The van der Waals surface area contributed by atoms with Crippen molar-refractivity contribution >= 4 is 5.97 Å². The summed E-state index contributed by atoms with van der Waals surface area (Å²) in [6.07, 6.45) is 2.84. The van der Waals surface area contributed by atoms with Gasteiger partial charge >= 0.3 is 5.97 Å². The predicted octanol–water partition coefficient (Wildman–Crippen LogP) is 2.16. The number of rotatable bonds is 2. The van der Waals surface area contributed by atoms with Crippen molar-refractivity contribution < 1.29 is 9.53 Å². The Hall–Kier alpha value is -1.61. The number of ether oxygens (including phenoxy) is 1. The van der Waals surface area contributed by atoms with E-state index in [9.17, 15) is 4.79 Å².